The van der Waals surface area contributed by atoms with Crippen LogP contribution in [-0.4, -0.2) is 42.2 Å². The number of rotatable bonds is 7. The molecule has 2 aromatic rings. The van der Waals surface area contributed by atoms with Gasteiger partial charge in [0, 0.05) is 18.3 Å². The maximum atomic E-state index is 13.2. The first-order chi connectivity index (χ1) is 13.5. The molecule has 1 aliphatic heterocycles. The lowest BCUT2D eigenvalue weighted by molar-refractivity contribution is 0.102. The number of anilines is 1. The Kier molecular flexibility index (Phi) is 7.12. The van der Waals surface area contributed by atoms with Crippen molar-refractivity contribution in [3.63, 3.8) is 0 Å². The number of phenolic OH excluding ortho intramolecular Hbond substituents is 1. The van der Waals surface area contributed by atoms with Gasteiger partial charge in [-0.25, -0.2) is 4.39 Å². The van der Waals surface area contributed by atoms with Crippen LogP contribution in [0.5, 0.6) is 11.5 Å². The SMILES string of the molecule is O=C(Nc1ccc(F)c(Cl)c1)c1ccc(OCCCN2CCCCC2)cc1O. The van der Waals surface area contributed by atoms with Crippen molar-refractivity contribution in [3.8, 4) is 11.5 Å². The molecule has 0 saturated carbocycles. The van der Waals surface area contributed by atoms with E-state index < -0.39 is 11.7 Å². The quantitative estimate of drug-likeness (QED) is 0.655. The van der Waals surface area contributed by atoms with Gasteiger partial charge in [0.25, 0.3) is 5.91 Å². The minimum Gasteiger partial charge on any atom is -0.507 e. The minimum absolute atomic E-state index is 0.0877. The summed E-state index contributed by atoms with van der Waals surface area (Å²) in [5, 5.41) is 12.7. The molecular weight excluding hydrogens is 383 g/mol. The van der Waals surface area contributed by atoms with Crippen molar-refractivity contribution in [3.05, 3.63) is 52.8 Å². The van der Waals surface area contributed by atoms with Gasteiger partial charge < -0.3 is 20.1 Å². The molecule has 3 rings (SSSR count). The Labute approximate surface area is 169 Å². The fraction of sp³-hybridized carbons (Fsp3) is 0.381. The second-order valence-electron chi connectivity index (χ2n) is 6.87. The van der Waals surface area contributed by atoms with E-state index in [0.717, 1.165) is 26.1 Å². The van der Waals surface area contributed by atoms with Crippen molar-refractivity contribution in [1.29, 1.82) is 0 Å². The van der Waals surface area contributed by atoms with Gasteiger partial charge >= 0.3 is 0 Å². The van der Waals surface area contributed by atoms with Crippen LogP contribution in [0.1, 0.15) is 36.0 Å². The van der Waals surface area contributed by atoms with Crippen molar-refractivity contribution in [2.75, 3.05) is 31.6 Å². The highest BCUT2D eigenvalue weighted by Gasteiger charge is 2.14. The van der Waals surface area contributed by atoms with E-state index in [0.29, 0.717) is 18.0 Å². The summed E-state index contributed by atoms with van der Waals surface area (Å²) in [5.41, 5.74) is 0.440. The van der Waals surface area contributed by atoms with Gasteiger partial charge in [0.05, 0.1) is 17.2 Å². The summed E-state index contributed by atoms with van der Waals surface area (Å²) in [5.74, 6) is -0.752. The summed E-state index contributed by atoms with van der Waals surface area (Å²) >= 11 is 5.71. The van der Waals surface area contributed by atoms with E-state index in [-0.39, 0.29) is 16.3 Å². The molecule has 28 heavy (non-hydrogen) atoms. The number of phenols is 1. The molecule has 0 spiro atoms. The number of hydrogen-bond donors (Lipinski definition) is 2. The summed E-state index contributed by atoms with van der Waals surface area (Å²) in [7, 11) is 0. The maximum Gasteiger partial charge on any atom is 0.259 e. The van der Waals surface area contributed by atoms with Crippen LogP contribution in [0.2, 0.25) is 5.02 Å². The third kappa shape index (κ3) is 5.59. The summed E-state index contributed by atoms with van der Waals surface area (Å²) < 4.78 is 18.9. The van der Waals surface area contributed by atoms with Gasteiger partial charge in [-0.05, 0) is 62.7 Å². The van der Waals surface area contributed by atoms with Crippen LogP contribution in [-0.2, 0) is 0 Å². The van der Waals surface area contributed by atoms with Gasteiger partial charge in [-0.3, -0.25) is 4.79 Å². The van der Waals surface area contributed by atoms with Gasteiger partial charge in [-0.2, -0.15) is 0 Å². The van der Waals surface area contributed by atoms with Gasteiger partial charge in [-0.15, -0.1) is 0 Å². The van der Waals surface area contributed by atoms with Gasteiger partial charge in [0.15, 0.2) is 0 Å². The van der Waals surface area contributed by atoms with Gasteiger partial charge in [0.2, 0.25) is 0 Å². The number of likely N-dealkylation sites (tertiary alicyclic amines) is 1. The number of ether oxygens (including phenoxy) is 1. The van der Waals surface area contributed by atoms with Crippen molar-refractivity contribution in [2.24, 2.45) is 0 Å². The van der Waals surface area contributed by atoms with Crippen LogP contribution in [0.25, 0.3) is 0 Å². The molecule has 0 atom stereocenters. The van der Waals surface area contributed by atoms with Crippen LogP contribution >= 0.6 is 11.6 Å². The first kappa shape index (κ1) is 20.4. The number of benzene rings is 2. The topological polar surface area (TPSA) is 61.8 Å². The average Bonchev–Trinajstić information content (AvgIpc) is 2.69. The monoisotopic (exact) mass is 406 g/mol. The number of nitrogens with zero attached hydrogens (tertiary/aromatic N) is 1. The normalized spacial score (nSPS) is 14.6. The predicted molar refractivity (Wildman–Crippen MR) is 108 cm³/mol. The number of carbonyl (C=O) groups is 1. The highest BCUT2D eigenvalue weighted by molar-refractivity contribution is 6.31. The number of piperidine rings is 1. The molecule has 0 unspecified atom stereocenters. The Morgan fingerprint density at radius 3 is 2.68 bits per heavy atom. The molecule has 2 N–H and O–H groups in total. The molecule has 0 radical (unpaired) electrons. The molecular formula is C21H24ClFN2O3. The molecule has 0 aromatic heterocycles. The highest BCUT2D eigenvalue weighted by Crippen LogP contribution is 2.26. The van der Waals surface area contributed by atoms with Crippen molar-refractivity contribution in [2.45, 2.75) is 25.7 Å². The number of hydrogen-bond acceptors (Lipinski definition) is 4. The van der Waals surface area contributed by atoms with E-state index in [9.17, 15) is 14.3 Å². The van der Waals surface area contributed by atoms with Gasteiger partial charge in [-0.1, -0.05) is 18.0 Å². The third-order valence-corrected chi connectivity index (χ3v) is 5.02. The number of nitrogens with one attached hydrogen (secondary N) is 1. The lowest BCUT2D eigenvalue weighted by Crippen LogP contribution is -2.31. The Morgan fingerprint density at radius 1 is 1.18 bits per heavy atom. The summed E-state index contributed by atoms with van der Waals surface area (Å²) in [6.45, 7) is 3.87. The number of carbonyl (C=O) groups excluding carboxylic acids is 1. The standard InChI is InChI=1S/C21H24ClFN2O3/c22-18-13-15(5-8-19(18)23)24-21(27)17-7-6-16(14-20(17)26)28-12-4-11-25-9-2-1-3-10-25/h5-8,13-14,26H,1-4,9-12H2,(H,24,27). The predicted octanol–water partition coefficient (Wildman–Crippen LogP) is 4.69. The largest absolute Gasteiger partial charge is 0.507 e. The molecule has 0 aliphatic carbocycles. The van der Waals surface area contributed by atoms with Crippen LogP contribution < -0.4 is 10.1 Å². The number of halogens is 2. The zero-order valence-corrected chi connectivity index (χ0v) is 16.3. The maximum absolute atomic E-state index is 13.2. The van der Waals surface area contributed by atoms with Crippen LogP contribution in [0.3, 0.4) is 0 Å². The van der Waals surface area contributed by atoms with E-state index in [1.54, 1.807) is 6.07 Å². The molecule has 2 aromatic carbocycles. The first-order valence-corrected chi connectivity index (χ1v) is 9.85. The van der Waals surface area contributed by atoms with Crippen molar-refractivity contribution in [1.82, 2.24) is 4.90 Å². The second kappa shape index (κ2) is 9.75. The molecule has 150 valence electrons. The Balaban J connectivity index is 1.51. The highest BCUT2D eigenvalue weighted by atomic mass is 35.5. The second-order valence-corrected chi connectivity index (χ2v) is 7.27. The van der Waals surface area contributed by atoms with Crippen LogP contribution in [0.4, 0.5) is 10.1 Å². The van der Waals surface area contributed by atoms with E-state index in [1.807, 2.05) is 0 Å². The Morgan fingerprint density at radius 2 is 1.96 bits per heavy atom. The van der Waals surface area contributed by atoms with E-state index in [2.05, 4.69) is 10.2 Å². The molecule has 1 amide bonds. The minimum atomic E-state index is -0.565. The first-order valence-electron chi connectivity index (χ1n) is 9.47. The molecule has 5 nitrogen and oxygen atoms in total. The fourth-order valence-electron chi connectivity index (χ4n) is 3.23. The summed E-state index contributed by atoms with van der Waals surface area (Å²) in [6.07, 6.45) is 4.76. The molecule has 1 fully saturated rings. The molecule has 0 bridgehead atoms. The van der Waals surface area contributed by atoms with E-state index >= 15 is 0 Å². The van der Waals surface area contributed by atoms with E-state index in [4.69, 9.17) is 16.3 Å². The fourth-order valence-corrected chi connectivity index (χ4v) is 3.41. The van der Waals surface area contributed by atoms with Crippen molar-refractivity contribution < 1.29 is 19.0 Å². The smallest absolute Gasteiger partial charge is 0.259 e. The molecule has 1 aliphatic rings. The summed E-state index contributed by atoms with van der Waals surface area (Å²) in [6, 6.07) is 8.44. The molecule has 7 heteroatoms. The number of amides is 1. The zero-order chi connectivity index (χ0) is 19.9. The van der Waals surface area contributed by atoms with E-state index in [1.165, 1.54) is 49.6 Å². The van der Waals surface area contributed by atoms with Crippen LogP contribution in [0, 0.1) is 5.82 Å². The molecule has 1 saturated heterocycles. The van der Waals surface area contributed by atoms with Crippen molar-refractivity contribution >= 4 is 23.2 Å². The zero-order valence-electron chi connectivity index (χ0n) is 15.6. The lowest BCUT2D eigenvalue weighted by Gasteiger charge is -2.26. The molecule has 1 heterocycles. The number of aromatic hydroxyl groups is 1. The summed E-state index contributed by atoms with van der Waals surface area (Å²) in [4.78, 5) is 14.8. The Bertz CT molecular complexity index is 825. The van der Waals surface area contributed by atoms with Crippen LogP contribution in [0.15, 0.2) is 36.4 Å². The van der Waals surface area contributed by atoms with Gasteiger partial charge in [0.1, 0.15) is 17.3 Å². The lowest BCUT2D eigenvalue weighted by atomic mass is 10.1. The third-order valence-electron chi connectivity index (χ3n) is 4.73. The Hall–Kier alpha value is -2.31. The average molecular weight is 407 g/mol.